The second-order valence-corrected chi connectivity index (χ2v) is 17.3. The van der Waals surface area contributed by atoms with E-state index in [0.29, 0.717) is 47.5 Å². The van der Waals surface area contributed by atoms with Gasteiger partial charge in [0.25, 0.3) is 15.9 Å². The predicted octanol–water partition coefficient (Wildman–Crippen LogP) is 7.46. The van der Waals surface area contributed by atoms with Crippen molar-refractivity contribution in [3.63, 3.8) is 0 Å². The molecule has 274 valence electrons. The highest BCUT2D eigenvalue weighted by Gasteiger charge is 2.54. The highest BCUT2D eigenvalue weighted by molar-refractivity contribution is 7.92. The van der Waals surface area contributed by atoms with E-state index in [2.05, 4.69) is 58.7 Å². The summed E-state index contributed by atoms with van der Waals surface area (Å²) in [6.07, 6.45) is 7.76. The van der Waals surface area contributed by atoms with Crippen LogP contribution in [0.2, 0.25) is 0 Å². The summed E-state index contributed by atoms with van der Waals surface area (Å²) in [7, 11) is -0.541. The number of aryl methyl sites for hydroxylation is 2. The minimum atomic E-state index is -4.17. The molecule has 2 aromatic carbocycles. The average molecular weight is 723 g/mol. The quantitative estimate of drug-likeness (QED) is 0.170. The van der Waals surface area contributed by atoms with E-state index in [1.807, 2.05) is 36.9 Å². The number of carbonyl (C=O) groups excluding carboxylic acids is 1. The van der Waals surface area contributed by atoms with Crippen LogP contribution in [0.25, 0.3) is 11.3 Å². The number of pyridine rings is 1. The fourth-order valence-corrected chi connectivity index (χ4v) is 9.12. The first-order valence-electron chi connectivity index (χ1n) is 18.5. The summed E-state index contributed by atoms with van der Waals surface area (Å²) in [5.74, 6) is 1.68. The topological polar surface area (TPSA) is 118 Å². The van der Waals surface area contributed by atoms with E-state index < -0.39 is 10.0 Å². The number of methoxy groups -OCH3 is 1. The van der Waals surface area contributed by atoms with Gasteiger partial charge in [0.1, 0.15) is 5.82 Å². The summed E-state index contributed by atoms with van der Waals surface area (Å²) >= 11 is 0. The molecule has 1 saturated heterocycles. The lowest BCUT2D eigenvalue weighted by molar-refractivity contribution is 0.0482. The van der Waals surface area contributed by atoms with Crippen molar-refractivity contribution in [2.24, 2.45) is 17.3 Å². The number of sulfonamides is 1. The van der Waals surface area contributed by atoms with Crippen LogP contribution in [0.15, 0.2) is 71.6 Å². The Labute approximate surface area is 308 Å². The SMILES string of the molecule is COc1cc(-c2c(C)cccc2C)nc(NS(=O)(=O)c2cccc(C(=O)N3CC(C(C)C)CCC3Cc3cccc(N(C)C4CC5(CC5)C4)n3)c2)n1. The Bertz CT molecular complexity index is 2050. The van der Waals surface area contributed by atoms with Crippen molar-refractivity contribution < 1.29 is 17.9 Å². The number of aromatic nitrogens is 3. The van der Waals surface area contributed by atoms with Gasteiger partial charge < -0.3 is 14.5 Å². The van der Waals surface area contributed by atoms with Gasteiger partial charge in [-0.3, -0.25) is 4.79 Å². The van der Waals surface area contributed by atoms with Crippen LogP contribution in [0.1, 0.15) is 79.6 Å². The molecule has 1 N–H and O–H groups in total. The van der Waals surface area contributed by atoms with Gasteiger partial charge >= 0.3 is 0 Å². The van der Waals surface area contributed by atoms with Crippen LogP contribution in [-0.4, -0.2) is 67.0 Å². The van der Waals surface area contributed by atoms with Gasteiger partial charge in [-0.2, -0.15) is 4.98 Å². The summed E-state index contributed by atoms with van der Waals surface area (Å²) in [6, 6.07) is 20.5. The molecule has 4 aromatic rings. The number of ether oxygens (including phenoxy) is 1. The highest BCUT2D eigenvalue weighted by atomic mass is 32.2. The first kappa shape index (κ1) is 35.9. The molecular formula is C41H50N6O4S. The molecule has 2 atom stereocenters. The molecule has 0 bridgehead atoms. The van der Waals surface area contributed by atoms with Crippen molar-refractivity contribution >= 4 is 27.7 Å². The van der Waals surface area contributed by atoms with Gasteiger partial charge in [0.15, 0.2) is 0 Å². The molecule has 2 aromatic heterocycles. The lowest BCUT2D eigenvalue weighted by Gasteiger charge is -2.43. The first-order valence-corrected chi connectivity index (χ1v) is 20.0. The number of piperidine rings is 1. The summed E-state index contributed by atoms with van der Waals surface area (Å²) < 4.78 is 35.6. The molecule has 10 nitrogen and oxygen atoms in total. The zero-order valence-corrected chi connectivity index (χ0v) is 31.9. The number of likely N-dealkylation sites (tertiary alicyclic amines) is 1. The maximum absolute atomic E-state index is 14.4. The second-order valence-electron chi connectivity index (χ2n) is 15.6. The molecular weight excluding hydrogens is 673 g/mol. The van der Waals surface area contributed by atoms with Gasteiger partial charge in [0, 0.05) is 55.0 Å². The van der Waals surface area contributed by atoms with Crippen LogP contribution in [-0.2, 0) is 16.4 Å². The normalized spacial score (nSPS) is 19.7. The van der Waals surface area contributed by atoms with Crippen molar-refractivity contribution in [3.8, 4) is 17.1 Å². The molecule has 3 fully saturated rings. The van der Waals surface area contributed by atoms with Crippen molar-refractivity contribution in [2.45, 2.75) is 89.6 Å². The van der Waals surface area contributed by atoms with E-state index in [1.165, 1.54) is 44.9 Å². The van der Waals surface area contributed by atoms with E-state index in [9.17, 15) is 13.2 Å². The van der Waals surface area contributed by atoms with Gasteiger partial charge in [-0.05, 0) is 111 Å². The first-order chi connectivity index (χ1) is 24.8. The molecule has 2 aliphatic carbocycles. The molecule has 2 saturated carbocycles. The fourth-order valence-electron chi connectivity index (χ4n) is 8.13. The third kappa shape index (κ3) is 7.38. The van der Waals surface area contributed by atoms with Crippen molar-refractivity contribution in [2.75, 3.05) is 30.3 Å². The van der Waals surface area contributed by atoms with Crippen molar-refractivity contribution in [3.05, 3.63) is 89.1 Å². The molecule has 2 unspecified atom stereocenters. The Hall–Kier alpha value is -4.51. The van der Waals surface area contributed by atoms with Crippen molar-refractivity contribution in [1.29, 1.82) is 0 Å². The van der Waals surface area contributed by atoms with E-state index >= 15 is 0 Å². The predicted molar refractivity (Wildman–Crippen MR) is 204 cm³/mol. The third-order valence-electron chi connectivity index (χ3n) is 11.7. The Morgan fingerprint density at radius 1 is 0.981 bits per heavy atom. The minimum Gasteiger partial charge on any atom is -0.481 e. The summed E-state index contributed by atoms with van der Waals surface area (Å²) in [5, 5.41) is 0. The van der Waals surface area contributed by atoms with Crippen LogP contribution in [0.5, 0.6) is 5.88 Å². The summed E-state index contributed by atoms with van der Waals surface area (Å²) in [5.41, 5.74) is 5.31. The van der Waals surface area contributed by atoms with Gasteiger partial charge in [-0.25, -0.2) is 23.1 Å². The summed E-state index contributed by atoms with van der Waals surface area (Å²) in [6.45, 7) is 8.96. The molecule has 1 aliphatic heterocycles. The maximum Gasteiger partial charge on any atom is 0.264 e. The Kier molecular flexibility index (Phi) is 9.75. The zero-order chi connectivity index (χ0) is 36.8. The van der Waals surface area contributed by atoms with E-state index in [0.717, 1.165) is 41.0 Å². The maximum atomic E-state index is 14.4. The average Bonchev–Trinajstić information content (AvgIpc) is 3.92. The van der Waals surface area contributed by atoms with Crippen molar-refractivity contribution in [1.82, 2.24) is 19.9 Å². The van der Waals surface area contributed by atoms with Gasteiger partial charge in [0.2, 0.25) is 11.8 Å². The third-order valence-corrected chi connectivity index (χ3v) is 13.0. The fraction of sp³-hybridized carbons (Fsp3) is 0.463. The molecule has 3 heterocycles. The van der Waals surface area contributed by atoms with E-state index in [1.54, 1.807) is 18.2 Å². The molecule has 7 rings (SSSR count). The van der Waals surface area contributed by atoms with Gasteiger partial charge in [0.05, 0.1) is 17.7 Å². The Morgan fingerprint density at radius 2 is 1.69 bits per heavy atom. The molecule has 3 aliphatic rings. The van der Waals surface area contributed by atoms with Crippen LogP contribution < -0.4 is 14.4 Å². The molecule has 52 heavy (non-hydrogen) atoms. The number of nitrogens with one attached hydrogen (secondary N) is 1. The van der Waals surface area contributed by atoms with Gasteiger partial charge in [-0.1, -0.05) is 44.2 Å². The largest absolute Gasteiger partial charge is 0.481 e. The number of amides is 1. The number of rotatable bonds is 11. The highest BCUT2D eigenvalue weighted by Crippen LogP contribution is 2.61. The number of anilines is 2. The van der Waals surface area contributed by atoms with Crippen LogP contribution in [0.3, 0.4) is 0 Å². The standard InChI is InChI=1S/C41H50N6O4S/c1-26(2)30-16-17-32(21-31-13-9-15-36(42-31)46(5)33-23-41(24-33)18-19-41)47(25-30)39(48)29-12-8-14-34(20-29)52(49,50)45-40-43-35(22-37(44-40)51-6)38-27(3)10-7-11-28(38)4/h7-15,20,22,26,30,32-33H,16-19,21,23-25H2,1-6H3,(H,43,44,45). The lowest BCUT2D eigenvalue weighted by atomic mass is 9.76. The summed E-state index contributed by atoms with van der Waals surface area (Å²) in [4.78, 5) is 32.5. The molecule has 0 radical (unpaired) electrons. The number of nitrogens with zero attached hydrogens (tertiary/aromatic N) is 5. The van der Waals surface area contributed by atoms with E-state index in [4.69, 9.17) is 9.72 Å². The monoisotopic (exact) mass is 722 g/mol. The van der Waals surface area contributed by atoms with Crippen LogP contribution >= 0.6 is 0 Å². The zero-order valence-electron chi connectivity index (χ0n) is 31.1. The van der Waals surface area contributed by atoms with Crippen LogP contribution in [0, 0.1) is 31.1 Å². The van der Waals surface area contributed by atoms with E-state index in [-0.39, 0.29) is 28.7 Å². The molecule has 11 heteroatoms. The second kappa shape index (κ2) is 14.1. The number of hydrogen-bond acceptors (Lipinski definition) is 8. The van der Waals surface area contributed by atoms with Crippen LogP contribution in [0.4, 0.5) is 11.8 Å². The smallest absolute Gasteiger partial charge is 0.264 e. The molecule has 1 amide bonds. The Morgan fingerprint density at radius 3 is 2.38 bits per heavy atom. The lowest BCUT2D eigenvalue weighted by Crippen LogP contribution is -2.49. The minimum absolute atomic E-state index is 0.0475. The van der Waals surface area contributed by atoms with Gasteiger partial charge in [-0.15, -0.1) is 0 Å². The Balaban J connectivity index is 1.12. The molecule has 1 spiro atoms. The number of benzene rings is 2. The number of carbonyl (C=O) groups is 1. The number of hydrogen-bond donors (Lipinski definition) is 1.